The number of Topliss-reactive ketones (excluding diaryl/α,β-unsaturated/α-hetero) is 1. The highest BCUT2D eigenvalue weighted by Gasteiger charge is 2.16. The van der Waals surface area contributed by atoms with Gasteiger partial charge in [-0.15, -0.1) is 16.8 Å². The van der Waals surface area contributed by atoms with Crippen molar-refractivity contribution in [3.8, 4) is 11.4 Å². The lowest BCUT2D eigenvalue weighted by Crippen LogP contribution is -2.14. The SMILES string of the molecule is C=CCn1c(SCC(=O)Nc2ccc(C(C)=O)cc2)nnc1-c1ccc(Cl)c(Cl)c1. The smallest absolute Gasteiger partial charge is 0.234 e. The van der Waals surface area contributed by atoms with E-state index in [0.717, 1.165) is 5.56 Å². The average molecular weight is 461 g/mol. The molecule has 1 aromatic heterocycles. The zero-order chi connectivity index (χ0) is 21.7. The summed E-state index contributed by atoms with van der Waals surface area (Å²) in [7, 11) is 0. The summed E-state index contributed by atoms with van der Waals surface area (Å²) in [5, 5.41) is 12.7. The van der Waals surface area contributed by atoms with Crippen LogP contribution >= 0.6 is 35.0 Å². The number of hydrogen-bond acceptors (Lipinski definition) is 5. The Kier molecular flexibility index (Phi) is 7.31. The summed E-state index contributed by atoms with van der Waals surface area (Å²) < 4.78 is 1.85. The lowest BCUT2D eigenvalue weighted by molar-refractivity contribution is -0.113. The second-order valence-corrected chi connectivity index (χ2v) is 8.06. The molecule has 3 aromatic rings. The number of allylic oxidation sites excluding steroid dienone is 1. The third-order valence-corrected chi connectivity index (χ3v) is 5.82. The predicted molar refractivity (Wildman–Crippen MR) is 121 cm³/mol. The number of carbonyl (C=O) groups excluding carboxylic acids is 2. The molecule has 0 aliphatic rings. The molecule has 3 rings (SSSR count). The van der Waals surface area contributed by atoms with Crippen molar-refractivity contribution in [2.75, 3.05) is 11.1 Å². The maximum atomic E-state index is 12.3. The summed E-state index contributed by atoms with van der Waals surface area (Å²) in [6.07, 6.45) is 1.73. The van der Waals surface area contributed by atoms with Gasteiger partial charge in [-0.05, 0) is 49.4 Å². The highest BCUT2D eigenvalue weighted by atomic mass is 35.5. The van der Waals surface area contributed by atoms with E-state index in [-0.39, 0.29) is 17.4 Å². The molecule has 0 atom stereocenters. The van der Waals surface area contributed by atoms with Crippen LogP contribution in [0.5, 0.6) is 0 Å². The molecule has 0 saturated carbocycles. The monoisotopic (exact) mass is 460 g/mol. The molecule has 154 valence electrons. The van der Waals surface area contributed by atoms with E-state index in [2.05, 4.69) is 22.1 Å². The van der Waals surface area contributed by atoms with Gasteiger partial charge < -0.3 is 5.32 Å². The van der Waals surface area contributed by atoms with Crippen LogP contribution in [0.1, 0.15) is 17.3 Å². The number of amides is 1. The van der Waals surface area contributed by atoms with Crippen molar-refractivity contribution in [3.63, 3.8) is 0 Å². The fourth-order valence-electron chi connectivity index (χ4n) is 2.65. The Morgan fingerprint density at radius 1 is 1.13 bits per heavy atom. The lowest BCUT2D eigenvalue weighted by Gasteiger charge is -2.09. The minimum absolute atomic E-state index is 0.0252. The van der Waals surface area contributed by atoms with Crippen LogP contribution in [0.3, 0.4) is 0 Å². The molecule has 0 aliphatic carbocycles. The Balaban J connectivity index is 1.70. The number of thioether (sulfide) groups is 1. The van der Waals surface area contributed by atoms with Crippen molar-refractivity contribution < 1.29 is 9.59 Å². The maximum absolute atomic E-state index is 12.3. The van der Waals surface area contributed by atoms with Crippen LogP contribution in [-0.2, 0) is 11.3 Å². The van der Waals surface area contributed by atoms with Crippen LogP contribution in [0.25, 0.3) is 11.4 Å². The molecule has 0 saturated heterocycles. The molecule has 1 heterocycles. The number of nitrogens with zero attached hydrogens (tertiary/aromatic N) is 3. The summed E-state index contributed by atoms with van der Waals surface area (Å²) in [5.74, 6) is 0.532. The van der Waals surface area contributed by atoms with Gasteiger partial charge in [0.15, 0.2) is 16.8 Å². The first kappa shape index (κ1) is 22.1. The van der Waals surface area contributed by atoms with E-state index in [4.69, 9.17) is 23.2 Å². The molecule has 30 heavy (non-hydrogen) atoms. The molecule has 6 nitrogen and oxygen atoms in total. The first-order chi connectivity index (χ1) is 14.4. The topological polar surface area (TPSA) is 76.9 Å². The number of rotatable bonds is 8. The molecule has 0 aliphatic heterocycles. The van der Waals surface area contributed by atoms with E-state index in [1.807, 2.05) is 10.6 Å². The molecule has 9 heteroatoms. The van der Waals surface area contributed by atoms with Gasteiger partial charge in [0.05, 0.1) is 15.8 Å². The number of aromatic nitrogens is 3. The van der Waals surface area contributed by atoms with E-state index in [0.29, 0.717) is 38.8 Å². The van der Waals surface area contributed by atoms with Crippen molar-refractivity contribution in [1.29, 1.82) is 0 Å². The Morgan fingerprint density at radius 2 is 1.87 bits per heavy atom. The van der Waals surface area contributed by atoms with Gasteiger partial charge in [-0.3, -0.25) is 14.2 Å². The zero-order valence-corrected chi connectivity index (χ0v) is 18.4. The number of anilines is 1. The average Bonchev–Trinajstić information content (AvgIpc) is 3.12. The van der Waals surface area contributed by atoms with Crippen LogP contribution in [0.4, 0.5) is 5.69 Å². The summed E-state index contributed by atoms with van der Waals surface area (Å²) >= 11 is 13.4. The van der Waals surface area contributed by atoms with E-state index < -0.39 is 0 Å². The van der Waals surface area contributed by atoms with Gasteiger partial charge in [-0.25, -0.2) is 0 Å². The number of ketones is 1. The molecule has 1 amide bonds. The van der Waals surface area contributed by atoms with Crippen LogP contribution in [-0.4, -0.2) is 32.2 Å². The first-order valence-electron chi connectivity index (χ1n) is 8.92. The molecule has 0 radical (unpaired) electrons. The van der Waals surface area contributed by atoms with E-state index in [1.165, 1.54) is 18.7 Å². The van der Waals surface area contributed by atoms with Crippen molar-refractivity contribution in [3.05, 3.63) is 70.7 Å². The zero-order valence-electron chi connectivity index (χ0n) is 16.1. The Bertz CT molecular complexity index is 1100. The highest BCUT2D eigenvalue weighted by molar-refractivity contribution is 7.99. The van der Waals surface area contributed by atoms with E-state index in [1.54, 1.807) is 42.5 Å². The number of hydrogen-bond donors (Lipinski definition) is 1. The minimum Gasteiger partial charge on any atom is -0.325 e. The third kappa shape index (κ3) is 5.30. The van der Waals surface area contributed by atoms with Crippen LogP contribution in [0.2, 0.25) is 10.0 Å². The third-order valence-electron chi connectivity index (χ3n) is 4.11. The van der Waals surface area contributed by atoms with E-state index >= 15 is 0 Å². The molecule has 2 aromatic carbocycles. The fourth-order valence-corrected chi connectivity index (χ4v) is 3.70. The normalized spacial score (nSPS) is 10.6. The molecule has 0 unspecified atom stereocenters. The number of carbonyl (C=O) groups is 2. The van der Waals surface area contributed by atoms with Crippen molar-refractivity contribution in [2.24, 2.45) is 0 Å². The van der Waals surface area contributed by atoms with Crippen molar-refractivity contribution >= 4 is 52.3 Å². The Hall–Kier alpha value is -2.61. The molecular formula is C21H18Cl2N4O2S. The summed E-state index contributed by atoms with van der Waals surface area (Å²) in [6.45, 7) is 5.74. The Labute approximate surface area is 188 Å². The van der Waals surface area contributed by atoms with Gasteiger partial charge in [-0.2, -0.15) is 0 Å². The van der Waals surface area contributed by atoms with E-state index in [9.17, 15) is 9.59 Å². The fraction of sp³-hybridized carbons (Fsp3) is 0.143. The maximum Gasteiger partial charge on any atom is 0.234 e. The highest BCUT2D eigenvalue weighted by Crippen LogP contribution is 2.29. The van der Waals surface area contributed by atoms with Gasteiger partial charge in [0.2, 0.25) is 5.91 Å². The van der Waals surface area contributed by atoms with Gasteiger partial charge in [-0.1, -0.05) is 41.0 Å². The standard InChI is InChI=1S/C21H18Cl2N4O2S/c1-3-10-27-20(15-6-9-17(22)18(23)11-15)25-26-21(27)30-12-19(29)24-16-7-4-14(5-8-16)13(2)28/h3-9,11H,1,10,12H2,2H3,(H,24,29). The second-order valence-electron chi connectivity index (χ2n) is 6.30. The minimum atomic E-state index is -0.195. The number of halogens is 2. The Morgan fingerprint density at radius 3 is 2.50 bits per heavy atom. The second kappa shape index (κ2) is 9.93. The summed E-state index contributed by atoms with van der Waals surface area (Å²) in [5.41, 5.74) is 1.98. The molecular weight excluding hydrogens is 443 g/mol. The first-order valence-corrected chi connectivity index (χ1v) is 10.7. The molecule has 0 spiro atoms. The van der Waals surface area contributed by atoms with Crippen molar-refractivity contribution in [1.82, 2.24) is 14.8 Å². The van der Waals surface area contributed by atoms with Gasteiger partial charge in [0.25, 0.3) is 0 Å². The van der Waals surface area contributed by atoms with Gasteiger partial charge in [0, 0.05) is 23.4 Å². The number of benzene rings is 2. The van der Waals surface area contributed by atoms with Crippen molar-refractivity contribution in [2.45, 2.75) is 18.6 Å². The predicted octanol–water partition coefficient (Wildman–Crippen LogP) is 5.37. The largest absolute Gasteiger partial charge is 0.325 e. The molecule has 1 N–H and O–H groups in total. The quantitative estimate of drug-likeness (QED) is 0.277. The number of nitrogens with one attached hydrogen (secondary N) is 1. The van der Waals surface area contributed by atoms with Gasteiger partial charge >= 0.3 is 0 Å². The summed E-state index contributed by atoms with van der Waals surface area (Å²) in [6, 6.07) is 12.0. The van der Waals surface area contributed by atoms with Crippen LogP contribution < -0.4 is 5.32 Å². The summed E-state index contributed by atoms with van der Waals surface area (Å²) in [4.78, 5) is 23.7. The lowest BCUT2D eigenvalue weighted by atomic mass is 10.1. The molecule has 0 bridgehead atoms. The molecule has 0 fully saturated rings. The van der Waals surface area contributed by atoms with Gasteiger partial charge in [0.1, 0.15) is 0 Å². The van der Waals surface area contributed by atoms with Crippen LogP contribution in [0.15, 0.2) is 60.3 Å². The van der Waals surface area contributed by atoms with Crippen LogP contribution in [0, 0.1) is 0 Å².